The Labute approximate surface area is 99.2 Å². The van der Waals surface area contributed by atoms with Gasteiger partial charge in [0.1, 0.15) is 11.6 Å². The first kappa shape index (κ1) is 12.5. The summed E-state index contributed by atoms with van der Waals surface area (Å²) < 4.78 is 31.3. The number of halogens is 2. The van der Waals surface area contributed by atoms with E-state index in [1.807, 2.05) is 0 Å². The first-order valence-electron chi connectivity index (χ1n) is 5.91. The van der Waals surface area contributed by atoms with E-state index in [1.54, 1.807) is 0 Å². The predicted molar refractivity (Wildman–Crippen MR) is 59.5 cm³/mol. The maximum atomic E-state index is 13.0. The largest absolute Gasteiger partial charge is 0.388 e. The predicted octanol–water partition coefficient (Wildman–Crippen LogP) is 2.96. The summed E-state index contributed by atoms with van der Waals surface area (Å²) in [4.78, 5) is 0. The molecule has 2 nitrogen and oxygen atoms in total. The second-order valence-corrected chi connectivity index (χ2v) is 4.43. The van der Waals surface area contributed by atoms with Crippen molar-refractivity contribution < 1.29 is 18.6 Å². The molecule has 1 aromatic carbocycles. The molecule has 2 rings (SSSR count). The summed E-state index contributed by atoms with van der Waals surface area (Å²) >= 11 is 0. The Hall–Kier alpha value is -1.00. The van der Waals surface area contributed by atoms with Gasteiger partial charge in [-0.2, -0.15) is 0 Å². The number of aliphatic hydroxyl groups is 1. The molecule has 1 aromatic rings. The molecule has 2 unspecified atom stereocenters. The van der Waals surface area contributed by atoms with Gasteiger partial charge < -0.3 is 9.84 Å². The van der Waals surface area contributed by atoms with Gasteiger partial charge in [0.25, 0.3) is 0 Å². The Morgan fingerprint density at radius 3 is 2.59 bits per heavy atom. The van der Waals surface area contributed by atoms with Gasteiger partial charge in [-0.3, -0.25) is 0 Å². The molecule has 4 heteroatoms. The van der Waals surface area contributed by atoms with Crippen molar-refractivity contribution >= 4 is 0 Å². The van der Waals surface area contributed by atoms with Crippen molar-refractivity contribution in [2.75, 3.05) is 6.61 Å². The second kappa shape index (κ2) is 5.56. The van der Waals surface area contributed by atoms with Gasteiger partial charge in [0.05, 0.1) is 12.2 Å². The summed E-state index contributed by atoms with van der Waals surface area (Å²) in [6.45, 7) is 0.773. The third kappa shape index (κ3) is 3.48. The van der Waals surface area contributed by atoms with Crippen molar-refractivity contribution in [2.45, 2.75) is 37.9 Å². The Balaban J connectivity index is 1.91. The van der Waals surface area contributed by atoms with Gasteiger partial charge in [-0.1, -0.05) is 0 Å². The van der Waals surface area contributed by atoms with Crippen molar-refractivity contribution in [3.05, 3.63) is 35.4 Å². The van der Waals surface area contributed by atoms with Crippen LogP contribution in [0.3, 0.4) is 0 Å². The minimum atomic E-state index is -0.829. The Bertz CT molecular complexity index is 355. The van der Waals surface area contributed by atoms with Crippen LogP contribution in [-0.4, -0.2) is 17.8 Å². The summed E-state index contributed by atoms with van der Waals surface area (Å²) in [5.74, 6) is -1.31. The van der Waals surface area contributed by atoms with Crippen LogP contribution in [-0.2, 0) is 4.74 Å². The Morgan fingerprint density at radius 1 is 1.29 bits per heavy atom. The number of rotatable bonds is 4. The molecular weight excluding hydrogens is 226 g/mol. The van der Waals surface area contributed by atoms with E-state index in [2.05, 4.69) is 0 Å². The average molecular weight is 242 g/mol. The van der Waals surface area contributed by atoms with Gasteiger partial charge in [0.15, 0.2) is 0 Å². The first-order chi connectivity index (χ1) is 8.15. The average Bonchev–Trinajstić information content (AvgIpc) is 2.77. The highest BCUT2D eigenvalue weighted by Gasteiger charge is 2.18. The lowest BCUT2D eigenvalue weighted by Crippen LogP contribution is -2.08. The first-order valence-corrected chi connectivity index (χ1v) is 5.91. The summed E-state index contributed by atoms with van der Waals surface area (Å²) in [6.07, 6.45) is 2.60. The minimum absolute atomic E-state index is 0.183. The molecule has 0 saturated carbocycles. The third-order valence-electron chi connectivity index (χ3n) is 3.06. The van der Waals surface area contributed by atoms with Crippen molar-refractivity contribution in [3.63, 3.8) is 0 Å². The van der Waals surface area contributed by atoms with E-state index < -0.39 is 17.7 Å². The van der Waals surface area contributed by atoms with Crippen molar-refractivity contribution in [2.24, 2.45) is 0 Å². The molecule has 1 saturated heterocycles. The molecule has 0 aromatic heterocycles. The van der Waals surface area contributed by atoms with Gasteiger partial charge >= 0.3 is 0 Å². The summed E-state index contributed by atoms with van der Waals surface area (Å²) in [5, 5.41) is 9.84. The van der Waals surface area contributed by atoms with E-state index >= 15 is 0 Å². The lowest BCUT2D eigenvalue weighted by atomic mass is 10.0. The molecule has 2 atom stereocenters. The monoisotopic (exact) mass is 242 g/mol. The third-order valence-corrected chi connectivity index (χ3v) is 3.06. The minimum Gasteiger partial charge on any atom is -0.388 e. The van der Waals surface area contributed by atoms with Crippen LogP contribution < -0.4 is 0 Å². The highest BCUT2D eigenvalue weighted by molar-refractivity contribution is 5.20. The number of benzene rings is 1. The van der Waals surface area contributed by atoms with Gasteiger partial charge in [0, 0.05) is 12.7 Å². The highest BCUT2D eigenvalue weighted by atomic mass is 19.1. The number of ether oxygens (including phenoxy) is 1. The van der Waals surface area contributed by atoms with Crippen molar-refractivity contribution in [3.8, 4) is 0 Å². The fraction of sp³-hybridized carbons (Fsp3) is 0.538. The fourth-order valence-corrected chi connectivity index (χ4v) is 2.15. The smallest absolute Gasteiger partial charge is 0.126 e. The van der Waals surface area contributed by atoms with Crippen LogP contribution in [0.5, 0.6) is 0 Å². The molecule has 1 fully saturated rings. The van der Waals surface area contributed by atoms with Crippen LogP contribution >= 0.6 is 0 Å². The zero-order valence-electron chi connectivity index (χ0n) is 9.53. The SMILES string of the molecule is OC(CCC1CCCO1)c1cc(F)cc(F)c1. The van der Waals surface area contributed by atoms with Crippen LogP contribution in [0.4, 0.5) is 8.78 Å². The number of hydrogen-bond acceptors (Lipinski definition) is 2. The summed E-state index contributed by atoms with van der Waals surface area (Å²) in [6, 6.07) is 3.14. The van der Waals surface area contributed by atoms with E-state index in [1.165, 1.54) is 12.1 Å². The van der Waals surface area contributed by atoms with E-state index in [0.717, 1.165) is 31.9 Å². The second-order valence-electron chi connectivity index (χ2n) is 4.43. The molecule has 0 aliphatic carbocycles. The number of aliphatic hydroxyl groups excluding tert-OH is 1. The fourth-order valence-electron chi connectivity index (χ4n) is 2.15. The van der Waals surface area contributed by atoms with Crippen LogP contribution in [0.1, 0.15) is 37.4 Å². The van der Waals surface area contributed by atoms with Crippen LogP contribution in [0.15, 0.2) is 18.2 Å². The molecule has 0 spiro atoms. The lowest BCUT2D eigenvalue weighted by Gasteiger charge is -2.14. The molecule has 0 amide bonds. The molecule has 1 aliphatic rings. The molecule has 1 N–H and O–H groups in total. The molecule has 1 heterocycles. The Kier molecular flexibility index (Phi) is 4.07. The number of hydrogen-bond donors (Lipinski definition) is 1. The molecule has 1 aliphatic heterocycles. The molecule has 0 bridgehead atoms. The van der Waals surface area contributed by atoms with Gasteiger partial charge in [-0.15, -0.1) is 0 Å². The molecule has 94 valence electrons. The van der Waals surface area contributed by atoms with E-state index in [-0.39, 0.29) is 6.10 Å². The summed E-state index contributed by atoms with van der Waals surface area (Å²) in [5.41, 5.74) is 0.292. The molecule has 17 heavy (non-hydrogen) atoms. The summed E-state index contributed by atoms with van der Waals surface area (Å²) in [7, 11) is 0. The topological polar surface area (TPSA) is 29.5 Å². The van der Waals surface area contributed by atoms with Crippen LogP contribution in [0.25, 0.3) is 0 Å². The van der Waals surface area contributed by atoms with Crippen LogP contribution in [0.2, 0.25) is 0 Å². The zero-order chi connectivity index (χ0) is 12.3. The maximum absolute atomic E-state index is 13.0. The molecule has 0 radical (unpaired) electrons. The quantitative estimate of drug-likeness (QED) is 0.879. The standard InChI is InChI=1S/C13H16F2O2/c14-10-6-9(7-11(15)8-10)13(16)4-3-12-2-1-5-17-12/h6-8,12-13,16H,1-5H2. The molecular formula is C13H16F2O2. The van der Waals surface area contributed by atoms with Gasteiger partial charge in [0.2, 0.25) is 0 Å². The maximum Gasteiger partial charge on any atom is 0.126 e. The van der Waals surface area contributed by atoms with E-state index in [4.69, 9.17) is 4.74 Å². The van der Waals surface area contributed by atoms with Gasteiger partial charge in [-0.05, 0) is 43.4 Å². The zero-order valence-corrected chi connectivity index (χ0v) is 9.53. The van der Waals surface area contributed by atoms with Crippen molar-refractivity contribution in [1.29, 1.82) is 0 Å². The van der Waals surface area contributed by atoms with E-state index in [9.17, 15) is 13.9 Å². The van der Waals surface area contributed by atoms with Gasteiger partial charge in [-0.25, -0.2) is 8.78 Å². The van der Waals surface area contributed by atoms with Crippen molar-refractivity contribution in [1.82, 2.24) is 0 Å². The Morgan fingerprint density at radius 2 is 2.00 bits per heavy atom. The highest BCUT2D eigenvalue weighted by Crippen LogP contribution is 2.24. The van der Waals surface area contributed by atoms with Crippen LogP contribution in [0, 0.1) is 11.6 Å². The lowest BCUT2D eigenvalue weighted by molar-refractivity contribution is 0.0811. The normalized spacial score (nSPS) is 21.7. The van der Waals surface area contributed by atoms with E-state index in [0.29, 0.717) is 12.0 Å².